The van der Waals surface area contributed by atoms with E-state index in [-0.39, 0.29) is 0 Å². The normalized spacial score (nSPS) is 11.9. The number of hydrogen-bond acceptors (Lipinski definition) is 0. The third-order valence-corrected chi connectivity index (χ3v) is 6.52. The van der Waals surface area contributed by atoms with Crippen LogP contribution in [0, 0.1) is 0 Å². The molecule has 184 valence electrons. The summed E-state index contributed by atoms with van der Waals surface area (Å²) in [6.07, 6.45) is 44.9. The standard InChI is InChI=1S/C31H60/c1-3-5-7-9-11-13-15-17-19-21-23-25-27-29-31-30-28-26-24-22-20-18-16-14-12-10-8-6-4-2/h17,19-20,22H,3-16,18,21,23-31H2,1-2H3. The van der Waals surface area contributed by atoms with Crippen LogP contribution in [-0.4, -0.2) is 0 Å². The van der Waals surface area contributed by atoms with Crippen molar-refractivity contribution in [1.82, 2.24) is 0 Å². The van der Waals surface area contributed by atoms with Crippen LogP contribution in [0.25, 0.3) is 0 Å². The van der Waals surface area contributed by atoms with Crippen molar-refractivity contribution in [3.05, 3.63) is 24.3 Å². The van der Waals surface area contributed by atoms with E-state index in [0.29, 0.717) is 0 Å². The average Bonchev–Trinajstić information content (AvgIpc) is 2.78. The molecule has 0 radical (unpaired) electrons. The van der Waals surface area contributed by atoms with Gasteiger partial charge in [0.15, 0.2) is 0 Å². The topological polar surface area (TPSA) is 0 Å². The van der Waals surface area contributed by atoms with Gasteiger partial charge in [-0.3, -0.25) is 0 Å². The summed E-state index contributed by atoms with van der Waals surface area (Å²) in [5.41, 5.74) is 0. The molecule has 0 spiro atoms. The van der Waals surface area contributed by atoms with Crippen LogP contribution < -0.4 is 0 Å². The summed E-state index contributed by atoms with van der Waals surface area (Å²) in [5, 5.41) is 0. The van der Waals surface area contributed by atoms with E-state index in [2.05, 4.69) is 38.2 Å². The van der Waals surface area contributed by atoms with E-state index in [9.17, 15) is 0 Å². The van der Waals surface area contributed by atoms with Gasteiger partial charge in [0.25, 0.3) is 0 Å². The zero-order chi connectivity index (χ0) is 22.5. The van der Waals surface area contributed by atoms with Crippen LogP contribution >= 0.6 is 0 Å². The molecular formula is C31H60. The Hall–Kier alpha value is -0.520. The Morgan fingerprint density at radius 1 is 0.258 bits per heavy atom. The number of rotatable bonds is 26. The van der Waals surface area contributed by atoms with Gasteiger partial charge in [-0.25, -0.2) is 0 Å². The molecule has 0 aliphatic heterocycles. The van der Waals surface area contributed by atoms with Gasteiger partial charge in [0.2, 0.25) is 0 Å². The van der Waals surface area contributed by atoms with E-state index in [1.807, 2.05) is 0 Å². The lowest BCUT2D eigenvalue weighted by molar-refractivity contribution is 0.570. The molecule has 0 N–H and O–H groups in total. The van der Waals surface area contributed by atoms with Crippen molar-refractivity contribution in [2.45, 2.75) is 174 Å². The van der Waals surface area contributed by atoms with Crippen molar-refractivity contribution in [3.63, 3.8) is 0 Å². The van der Waals surface area contributed by atoms with Gasteiger partial charge in [-0.2, -0.15) is 0 Å². The highest BCUT2D eigenvalue weighted by atomic mass is 14.0. The molecule has 0 aliphatic carbocycles. The first-order chi connectivity index (χ1) is 15.4. The van der Waals surface area contributed by atoms with E-state index < -0.39 is 0 Å². The van der Waals surface area contributed by atoms with Gasteiger partial charge >= 0.3 is 0 Å². The van der Waals surface area contributed by atoms with Crippen LogP contribution in [0.4, 0.5) is 0 Å². The highest BCUT2D eigenvalue weighted by Gasteiger charge is 1.93. The summed E-state index contributed by atoms with van der Waals surface area (Å²) >= 11 is 0. The monoisotopic (exact) mass is 432 g/mol. The van der Waals surface area contributed by atoms with Crippen LogP contribution in [0.2, 0.25) is 0 Å². The SMILES string of the molecule is CCCCCCCCC=CCCCCCCCCCCC=CCCCCCCCCC. The molecule has 0 atom stereocenters. The minimum Gasteiger partial charge on any atom is -0.0885 e. The Bertz CT molecular complexity index is 351. The highest BCUT2D eigenvalue weighted by molar-refractivity contribution is 4.82. The molecule has 0 aromatic rings. The summed E-state index contributed by atoms with van der Waals surface area (Å²) in [7, 11) is 0. The molecule has 0 nitrogen and oxygen atoms in total. The third kappa shape index (κ3) is 29.5. The Morgan fingerprint density at radius 3 is 0.677 bits per heavy atom. The van der Waals surface area contributed by atoms with Gasteiger partial charge in [-0.05, 0) is 51.4 Å². The molecular weight excluding hydrogens is 372 g/mol. The molecule has 0 aliphatic rings. The Balaban J connectivity index is 3.11. The first kappa shape index (κ1) is 30.5. The van der Waals surface area contributed by atoms with Crippen molar-refractivity contribution >= 4 is 0 Å². The maximum atomic E-state index is 2.44. The van der Waals surface area contributed by atoms with Gasteiger partial charge in [0, 0.05) is 0 Å². The molecule has 0 amide bonds. The van der Waals surface area contributed by atoms with Crippen molar-refractivity contribution in [1.29, 1.82) is 0 Å². The third-order valence-electron chi connectivity index (χ3n) is 6.52. The van der Waals surface area contributed by atoms with Crippen LogP contribution in [0.3, 0.4) is 0 Å². The minimum atomic E-state index is 1.31. The molecule has 0 aromatic heterocycles. The van der Waals surface area contributed by atoms with Gasteiger partial charge < -0.3 is 0 Å². The number of unbranched alkanes of at least 4 members (excludes halogenated alkanes) is 22. The maximum Gasteiger partial charge on any atom is -0.0351 e. The van der Waals surface area contributed by atoms with E-state index in [4.69, 9.17) is 0 Å². The molecule has 0 saturated carbocycles. The van der Waals surface area contributed by atoms with E-state index in [0.717, 1.165) is 0 Å². The smallest absolute Gasteiger partial charge is 0.0351 e. The summed E-state index contributed by atoms with van der Waals surface area (Å²) in [6.45, 7) is 4.59. The minimum absolute atomic E-state index is 1.31. The highest BCUT2D eigenvalue weighted by Crippen LogP contribution is 2.13. The first-order valence-corrected chi connectivity index (χ1v) is 14.7. The van der Waals surface area contributed by atoms with Crippen molar-refractivity contribution in [3.8, 4) is 0 Å². The first-order valence-electron chi connectivity index (χ1n) is 14.7. The number of allylic oxidation sites excluding steroid dienone is 4. The Labute approximate surface area is 198 Å². The molecule has 0 aromatic carbocycles. The van der Waals surface area contributed by atoms with Crippen molar-refractivity contribution in [2.75, 3.05) is 0 Å². The lowest BCUT2D eigenvalue weighted by atomic mass is 10.1. The second kappa shape index (κ2) is 29.5. The lowest BCUT2D eigenvalue weighted by Crippen LogP contribution is -1.81. The molecule has 0 bridgehead atoms. The summed E-state index contributed by atoms with van der Waals surface area (Å²) in [6, 6.07) is 0. The van der Waals surface area contributed by atoms with Crippen LogP contribution in [0.1, 0.15) is 174 Å². The molecule has 0 heterocycles. The van der Waals surface area contributed by atoms with Gasteiger partial charge in [-0.1, -0.05) is 147 Å². The quantitative estimate of drug-likeness (QED) is 0.0941. The van der Waals surface area contributed by atoms with Crippen LogP contribution in [0.15, 0.2) is 24.3 Å². The van der Waals surface area contributed by atoms with Crippen LogP contribution in [-0.2, 0) is 0 Å². The van der Waals surface area contributed by atoms with E-state index >= 15 is 0 Å². The fraction of sp³-hybridized carbons (Fsp3) is 0.871. The second-order valence-electron chi connectivity index (χ2n) is 9.82. The predicted octanol–water partition coefficient (Wildman–Crippen LogP) is 11.9. The average molecular weight is 433 g/mol. The largest absolute Gasteiger partial charge is 0.0885 e. The predicted molar refractivity (Wildman–Crippen MR) is 145 cm³/mol. The van der Waals surface area contributed by atoms with Gasteiger partial charge in [0.05, 0.1) is 0 Å². The van der Waals surface area contributed by atoms with Gasteiger partial charge in [0.1, 0.15) is 0 Å². The summed E-state index contributed by atoms with van der Waals surface area (Å²) in [4.78, 5) is 0. The summed E-state index contributed by atoms with van der Waals surface area (Å²) in [5.74, 6) is 0. The molecule has 0 fully saturated rings. The Morgan fingerprint density at radius 2 is 0.452 bits per heavy atom. The van der Waals surface area contributed by atoms with Gasteiger partial charge in [-0.15, -0.1) is 0 Å². The Kier molecular flexibility index (Phi) is 29.0. The molecule has 0 heteroatoms. The lowest BCUT2D eigenvalue weighted by Gasteiger charge is -2.01. The molecule has 0 saturated heterocycles. The number of hydrogen-bond donors (Lipinski definition) is 0. The summed E-state index contributed by atoms with van der Waals surface area (Å²) < 4.78 is 0. The van der Waals surface area contributed by atoms with Crippen molar-refractivity contribution in [2.24, 2.45) is 0 Å². The molecule has 0 unspecified atom stereocenters. The zero-order valence-electron chi connectivity index (χ0n) is 22.0. The van der Waals surface area contributed by atoms with E-state index in [1.165, 1.54) is 161 Å². The van der Waals surface area contributed by atoms with Crippen LogP contribution in [0.5, 0.6) is 0 Å². The maximum absolute atomic E-state index is 2.44. The molecule has 0 rings (SSSR count). The zero-order valence-corrected chi connectivity index (χ0v) is 22.0. The van der Waals surface area contributed by atoms with E-state index in [1.54, 1.807) is 0 Å². The van der Waals surface area contributed by atoms with Crippen molar-refractivity contribution < 1.29 is 0 Å². The second-order valence-corrected chi connectivity index (χ2v) is 9.82. The fourth-order valence-electron chi connectivity index (χ4n) is 4.32. The fourth-order valence-corrected chi connectivity index (χ4v) is 4.32. The molecule has 31 heavy (non-hydrogen) atoms.